The van der Waals surface area contributed by atoms with E-state index in [2.05, 4.69) is 10.3 Å². The molecule has 2 rings (SSSR count). The second kappa shape index (κ2) is 7.13. The normalized spacial score (nSPS) is 11.8. The summed E-state index contributed by atoms with van der Waals surface area (Å²) in [5.41, 5.74) is 1.54. The summed E-state index contributed by atoms with van der Waals surface area (Å²) in [6, 6.07) is 11.1. The van der Waals surface area contributed by atoms with Gasteiger partial charge in [0.2, 0.25) is 0 Å². The third kappa shape index (κ3) is 3.55. The monoisotopic (exact) mass is 302 g/mol. The molecule has 1 aromatic heterocycles. The van der Waals surface area contributed by atoms with Gasteiger partial charge in [-0.15, -0.1) is 11.8 Å². The fourth-order valence-electron chi connectivity index (χ4n) is 2.10. The smallest absolute Gasteiger partial charge is 0.254 e. The molecular formula is C16H18N2O2S. The van der Waals surface area contributed by atoms with Crippen molar-refractivity contribution in [2.24, 2.45) is 0 Å². The Bertz CT molecular complexity index is 631. The van der Waals surface area contributed by atoms with Crippen LogP contribution in [0.2, 0.25) is 0 Å². The Morgan fingerprint density at radius 1 is 1.29 bits per heavy atom. The maximum absolute atomic E-state index is 12.4. The van der Waals surface area contributed by atoms with E-state index < -0.39 is 0 Å². The number of ether oxygens (including phenoxy) is 1. The average molecular weight is 302 g/mol. The summed E-state index contributed by atoms with van der Waals surface area (Å²) in [6.07, 6.45) is 3.59. The Labute approximate surface area is 128 Å². The van der Waals surface area contributed by atoms with Crippen molar-refractivity contribution in [2.45, 2.75) is 18.0 Å². The van der Waals surface area contributed by atoms with Crippen molar-refractivity contribution in [3.05, 3.63) is 53.7 Å². The van der Waals surface area contributed by atoms with Crippen molar-refractivity contribution in [2.75, 3.05) is 13.4 Å². The van der Waals surface area contributed by atoms with Gasteiger partial charge in [-0.25, -0.2) is 4.98 Å². The third-order valence-corrected chi connectivity index (χ3v) is 3.87. The molecule has 0 spiro atoms. The molecule has 5 heteroatoms. The van der Waals surface area contributed by atoms with Gasteiger partial charge in [0.25, 0.3) is 5.91 Å². The van der Waals surface area contributed by atoms with Gasteiger partial charge in [-0.05, 0) is 31.4 Å². The first kappa shape index (κ1) is 15.4. The van der Waals surface area contributed by atoms with E-state index >= 15 is 0 Å². The number of aromatic nitrogens is 1. The molecule has 0 saturated heterocycles. The molecular weight excluding hydrogens is 284 g/mol. The number of carbonyl (C=O) groups excluding carboxylic acids is 1. The van der Waals surface area contributed by atoms with E-state index in [1.807, 2.05) is 37.4 Å². The van der Waals surface area contributed by atoms with Crippen LogP contribution in [0.25, 0.3) is 0 Å². The Morgan fingerprint density at radius 3 is 2.76 bits per heavy atom. The van der Waals surface area contributed by atoms with Crippen LogP contribution >= 0.6 is 11.8 Å². The molecule has 0 radical (unpaired) electrons. The first-order chi connectivity index (χ1) is 10.2. The van der Waals surface area contributed by atoms with Gasteiger partial charge in [0.05, 0.1) is 18.7 Å². The van der Waals surface area contributed by atoms with Crippen LogP contribution in [0.5, 0.6) is 5.75 Å². The molecule has 0 aliphatic carbocycles. The number of rotatable bonds is 5. The molecule has 0 aliphatic rings. The molecule has 1 atom stereocenters. The summed E-state index contributed by atoms with van der Waals surface area (Å²) < 4.78 is 5.33. The van der Waals surface area contributed by atoms with Gasteiger partial charge in [-0.2, -0.15) is 0 Å². The maximum atomic E-state index is 12.4. The molecule has 1 N–H and O–H groups in total. The minimum Gasteiger partial charge on any atom is -0.496 e. The van der Waals surface area contributed by atoms with Gasteiger partial charge < -0.3 is 10.1 Å². The number of para-hydroxylation sites is 1. The number of nitrogens with one attached hydrogen (secondary N) is 1. The van der Waals surface area contributed by atoms with Crippen LogP contribution in [-0.4, -0.2) is 24.3 Å². The Balaban J connectivity index is 2.19. The Hall–Kier alpha value is -2.01. The van der Waals surface area contributed by atoms with Crippen molar-refractivity contribution >= 4 is 17.7 Å². The molecule has 21 heavy (non-hydrogen) atoms. The van der Waals surface area contributed by atoms with Crippen LogP contribution in [0, 0.1) is 0 Å². The van der Waals surface area contributed by atoms with E-state index in [4.69, 9.17) is 4.74 Å². The second-order valence-corrected chi connectivity index (χ2v) is 5.29. The predicted molar refractivity (Wildman–Crippen MR) is 84.9 cm³/mol. The molecule has 0 bridgehead atoms. The first-order valence-electron chi connectivity index (χ1n) is 6.60. The molecule has 1 aromatic carbocycles. The van der Waals surface area contributed by atoms with Gasteiger partial charge in [-0.1, -0.05) is 18.2 Å². The van der Waals surface area contributed by atoms with Crippen molar-refractivity contribution in [1.29, 1.82) is 0 Å². The van der Waals surface area contributed by atoms with Crippen molar-refractivity contribution in [3.8, 4) is 5.75 Å². The fourth-order valence-corrected chi connectivity index (χ4v) is 2.65. The Kier molecular flexibility index (Phi) is 5.22. The molecule has 2 aromatic rings. The summed E-state index contributed by atoms with van der Waals surface area (Å²) in [5.74, 6) is 0.632. The largest absolute Gasteiger partial charge is 0.496 e. The van der Waals surface area contributed by atoms with Gasteiger partial charge in [-0.3, -0.25) is 4.79 Å². The van der Waals surface area contributed by atoms with Crippen LogP contribution in [0.1, 0.15) is 28.9 Å². The number of amides is 1. The predicted octanol–water partition coefficient (Wildman–Crippen LogP) is 3.30. The summed E-state index contributed by atoms with van der Waals surface area (Å²) in [5, 5.41) is 3.71. The molecule has 0 saturated carbocycles. The topological polar surface area (TPSA) is 51.2 Å². The lowest BCUT2D eigenvalue weighted by molar-refractivity contribution is 0.0936. The summed E-state index contributed by atoms with van der Waals surface area (Å²) >= 11 is 1.46. The second-order valence-electron chi connectivity index (χ2n) is 4.50. The molecule has 1 amide bonds. The van der Waals surface area contributed by atoms with E-state index in [0.29, 0.717) is 5.56 Å². The van der Waals surface area contributed by atoms with Gasteiger partial charge >= 0.3 is 0 Å². The van der Waals surface area contributed by atoms with E-state index in [-0.39, 0.29) is 11.9 Å². The first-order valence-corrected chi connectivity index (χ1v) is 7.82. The standard InChI is InChI=1S/C16H18N2O2S/c1-11(12-7-4-5-9-14(12)20-2)18-15(19)13-8-6-10-17-16(13)21-3/h4-11H,1-3H3,(H,18,19)/t11-/m0/s1. The highest BCUT2D eigenvalue weighted by Gasteiger charge is 2.17. The van der Waals surface area contributed by atoms with E-state index in [9.17, 15) is 4.79 Å². The zero-order chi connectivity index (χ0) is 15.2. The Morgan fingerprint density at radius 2 is 2.05 bits per heavy atom. The van der Waals surface area contributed by atoms with Gasteiger partial charge in [0.15, 0.2) is 0 Å². The van der Waals surface area contributed by atoms with Crippen LogP contribution in [0.3, 0.4) is 0 Å². The van der Waals surface area contributed by atoms with Crippen molar-refractivity contribution < 1.29 is 9.53 Å². The molecule has 1 heterocycles. The zero-order valence-electron chi connectivity index (χ0n) is 12.3. The summed E-state index contributed by atoms with van der Waals surface area (Å²) in [7, 11) is 1.63. The number of benzene rings is 1. The highest BCUT2D eigenvalue weighted by atomic mass is 32.2. The number of hydrogen-bond acceptors (Lipinski definition) is 4. The van der Waals surface area contributed by atoms with E-state index in [1.165, 1.54) is 11.8 Å². The lowest BCUT2D eigenvalue weighted by Gasteiger charge is -2.17. The highest BCUT2D eigenvalue weighted by Crippen LogP contribution is 2.25. The average Bonchev–Trinajstić information content (AvgIpc) is 2.54. The zero-order valence-corrected chi connectivity index (χ0v) is 13.1. The van der Waals surface area contributed by atoms with Crippen LogP contribution < -0.4 is 10.1 Å². The lowest BCUT2D eigenvalue weighted by atomic mass is 10.1. The van der Waals surface area contributed by atoms with Crippen molar-refractivity contribution in [3.63, 3.8) is 0 Å². The third-order valence-electron chi connectivity index (χ3n) is 3.16. The number of hydrogen-bond donors (Lipinski definition) is 1. The fraction of sp³-hybridized carbons (Fsp3) is 0.250. The summed E-state index contributed by atoms with van der Waals surface area (Å²) in [6.45, 7) is 1.94. The van der Waals surface area contributed by atoms with Gasteiger partial charge in [0, 0.05) is 11.8 Å². The minimum absolute atomic E-state index is 0.133. The molecule has 110 valence electrons. The SMILES string of the molecule is COc1ccccc1[C@H](C)NC(=O)c1cccnc1SC. The van der Waals surface area contributed by atoms with E-state index in [1.54, 1.807) is 25.4 Å². The molecule has 4 nitrogen and oxygen atoms in total. The molecule has 0 aliphatic heterocycles. The number of nitrogens with zero attached hydrogens (tertiary/aromatic N) is 1. The summed E-state index contributed by atoms with van der Waals surface area (Å²) in [4.78, 5) is 16.6. The quantitative estimate of drug-likeness (QED) is 0.861. The van der Waals surface area contributed by atoms with Gasteiger partial charge in [0.1, 0.15) is 10.8 Å². The van der Waals surface area contributed by atoms with E-state index in [0.717, 1.165) is 16.3 Å². The highest BCUT2D eigenvalue weighted by molar-refractivity contribution is 7.98. The van der Waals surface area contributed by atoms with Crippen LogP contribution in [-0.2, 0) is 0 Å². The molecule has 0 unspecified atom stereocenters. The molecule has 0 fully saturated rings. The minimum atomic E-state index is -0.149. The number of methoxy groups -OCH3 is 1. The number of pyridine rings is 1. The number of thioether (sulfide) groups is 1. The number of carbonyl (C=O) groups is 1. The van der Waals surface area contributed by atoms with Crippen LogP contribution in [0.4, 0.5) is 0 Å². The van der Waals surface area contributed by atoms with Crippen molar-refractivity contribution in [1.82, 2.24) is 10.3 Å². The maximum Gasteiger partial charge on any atom is 0.254 e. The lowest BCUT2D eigenvalue weighted by Crippen LogP contribution is -2.27. The van der Waals surface area contributed by atoms with Crippen LogP contribution in [0.15, 0.2) is 47.6 Å².